The molecule has 0 saturated heterocycles. The SMILES string of the molecule is Cc1ccc([C@H](C)NC2CCCC(C(F)(F)F)C2)cc1. The van der Waals surface area contributed by atoms with E-state index >= 15 is 0 Å². The van der Waals surface area contributed by atoms with Crippen molar-refractivity contribution >= 4 is 0 Å². The Bertz CT molecular complexity index is 424. The fourth-order valence-corrected chi connectivity index (χ4v) is 2.94. The monoisotopic (exact) mass is 285 g/mol. The molecule has 1 aromatic carbocycles. The molecule has 1 aliphatic rings. The van der Waals surface area contributed by atoms with E-state index in [1.165, 1.54) is 5.56 Å². The Morgan fingerprint density at radius 1 is 1.15 bits per heavy atom. The van der Waals surface area contributed by atoms with E-state index in [2.05, 4.69) is 5.32 Å². The number of aryl methyl sites for hydroxylation is 1. The Labute approximate surface area is 118 Å². The second-order valence-corrected chi connectivity index (χ2v) is 5.90. The van der Waals surface area contributed by atoms with Crippen LogP contribution in [0.2, 0.25) is 0 Å². The molecule has 1 aromatic rings. The first kappa shape index (κ1) is 15.4. The van der Waals surface area contributed by atoms with Gasteiger partial charge in [-0.05, 0) is 38.7 Å². The predicted octanol–water partition coefficient (Wildman–Crippen LogP) is 4.77. The molecular formula is C16H22F3N. The van der Waals surface area contributed by atoms with E-state index in [9.17, 15) is 13.2 Å². The van der Waals surface area contributed by atoms with Gasteiger partial charge in [-0.2, -0.15) is 13.2 Å². The van der Waals surface area contributed by atoms with Crippen LogP contribution in [0.25, 0.3) is 0 Å². The first-order valence-corrected chi connectivity index (χ1v) is 7.25. The Hall–Kier alpha value is -1.03. The van der Waals surface area contributed by atoms with Crippen LogP contribution < -0.4 is 5.32 Å². The average molecular weight is 285 g/mol. The van der Waals surface area contributed by atoms with Gasteiger partial charge in [0.05, 0.1) is 5.92 Å². The fourth-order valence-electron chi connectivity index (χ4n) is 2.94. The lowest BCUT2D eigenvalue weighted by Gasteiger charge is -2.33. The van der Waals surface area contributed by atoms with Crippen LogP contribution in [-0.2, 0) is 0 Å². The van der Waals surface area contributed by atoms with Gasteiger partial charge in [-0.15, -0.1) is 0 Å². The molecule has 1 nitrogen and oxygen atoms in total. The smallest absolute Gasteiger partial charge is 0.307 e. The van der Waals surface area contributed by atoms with Crippen molar-refractivity contribution in [2.75, 3.05) is 0 Å². The zero-order valence-corrected chi connectivity index (χ0v) is 12.0. The van der Waals surface area contributed by atoms with E-state index in [1.54, 1.807) is 0 Å². The van der Waals surface area contributed by atoms with E-state index in [0.717, 1.165) is 12.0 Å². The Balaban J connectivity index is 1.94. The van der Waals surface area contributed by atoms with E-state index in [1.807, 2.05) is 38.1 Å². The molecule has 2 unspecified atom stereocenters. The summed E-state index contributed by atoms with van der Waals surface area (Å²) in [5.74, 6) is -1.14. The fraction of sp³-hybridized carbons (Fsp3) is 0.625. The van der Waals surface area contributed by atoms with Crippen molar-refractivity contribution in [2.45, 2.75) is 57.8 Å². The van der Waals surface area contributed by atoms with Gasteiger partial charge in [-0.3, -0.25) is 0 Å². The molecule has 112 valence electrons. The lowest BCUT2D eigenvalue weighted by molar-refractivity contribution is -0.183. The summed E-state index contributed by atoms with van der Waals surface area (Å²) in [4.78, 5) is 0. The summed E-state index contributed by atoms with van der Waals surface area (Å²) in [6.45, 7) is 4.04. The Morgan fingerprint density at radius 2 is 1.80 bits per heavy atom. The van der Waals surface area contributed by atoms with Gasteiger partial charge in [-0.1, -0.05) is 36.2 Å². The van der Waals surface area contributed by atoms with Crippen LogP contribution in [0.3, 0.4) is 0 Å². The summed E-state index contributed by atoms with van der Waals surface area (Å²) in [5, 5.41) is 3.36. The first-order chi connectivity index (χ1) is 9.36. The second-order valence-electron chi connectivity index (χ2n) is 5.90. The molecule has 1 fully saturated rings. The van der Waals surface area contributed by atoms with Crippen LogP contribution in [0.1, 0.15) is 49.8 Å². The van der Waals surface area contributed by atoms with Gasteiger partial charge in [-0.25, -0.2) is 0 Å². The number of hydrogen-bond acceptors (Lipinski definition) is 1. The van der Waals surface area contributed by atoms with Crippen molar-refractivity contribution in [3.63, 3.8) is 0 Å². The highest BCUT2D eigenvalue weighted by molar-refractivity contribution is 5.23. The van der Waals surface area contributed by atoms with E-state index in [-0.39, 0.29) is 24.9 Å². The van der Waals surface area contributed by atoms with Gasteiger partial charge in [0.15, 0.2) is 0 Å². The predicted molar refractivity (Wildman–Crippen MR) is 74.5 cm³/mol. The third-order valence-electron chi connectivity index (χ3n) is 4.20. The number of benzene rings is 1. The highest BCUT2D eigenvalue weighted by Crippen LogP contribution is 2.38. The number of alkyl halides is 3. The average Bonchev–Trinajstić information content (AvgIpc) is 2.38. The van der Waals surface area contributed by atoms with E-state index < -0.39 is 12.1 Å². The van der Waals surface area contributed by atoms with Crippen molar-refractivity contribution < 1.29 is 13.2 Å². The maximum Gasteiger partial charge on any atom is 0.391 e. The zero-order chi connectivity index (χ0) is 14.8. The summed E-state index contributed by atoms with van der Waals surface area (Å²) in [6.07, 6.45) is -2.07. The Kier molecular flexibility index (Phi) is 4.74. The van der Waals surface area contributed by atoms with Crippen molar-refractivity contribution in [2.24, 2.45) is 5.92 Å². The zero-order valence-electron chi connectivity index (χ0n) is 12.0. The molecular weight excluding hydrogens is 263 g/mol. The van der Waals surface area contributed by atoms with Crippen LogP contribution in [0.15, 0.2) is 24.3 Å². The first-order valence-electron chi connectivity index (χ1n) is 7.25. The number of rotatable bonds is 3. The van der Waals surface area contributed by atoms with E-state index in [0.29, 0.717) is 6.42 Å². The van der Waals surface area contributed by atoms with Gasteiger partial charge in [0.25, 0.3) is 0 Å². The second kappa shape index (κ2) is 6.17. The summed E-state index contributed by atoms with van der Waals surface area (Å²) in [5.41, 5.74) is 2.32. The van der Waals surface area contributed by atoms with Crippen LogP contribution in [-0.4, -0.2) is 12.2 Å². The number of halogens is 3. The number of nitrogens with one attached hydrogen (secondary N) is 1. The van der Waals surface area contributed by atoms with Crippen LogP contribution in [0.5, 0.6) is 0 Å². The van der Waals surface area contributed by atoms with Crippen molar-refractivity contribution in [1.82, 2.24) is 5.32 Å². The summed E-state index contributed by atoms with van der Waals surface area (Å²) < 4.78 is 38.4. The van der Waals surface area contributed by atoms with Crippen LogP contribution in [0, 0.1) is 12.8 Å². The molecule has 20 heavy (non-hydrogen) atoms. The molecule has 0 aromatic heterocycles. The maximum absolute atomic E-state index is 12.8. The minimum Gasteiger partial charge on any atom is -0.307 e. The van der Waals surface area contributed by atoms with Gasteiger partial charge in [0, 0.05) is 12.1 Å². The molecule has 0 amide bonds. The summed E-state index contributed by atoms with van der Waals surface area (Å²) in [7, 11) is 0. The van der Waals surface area contributed by atoms with Crippen LogP contribution >= 0.6 is 0 Å². The van der Waals surface area contributed by atoms with Gasteiger partial charge < -0.3 is 5.32 Å². The lowest BCUT2D eigenvalue weighted by atomic mass is 9.84. The molecule has 0 heterocycles. The molecule has 1 N–H and O–H groups in total. The molecule has 3 atom stereocenters. The van der Waals surface area contributed by atoms with Crippen LogP contribution in [0.4, 0.5) is 13.2 Å². The normalized spacial score (nSPS) is 25.4. The lowest BCUT2D eigenvalue weighted by Crippen LogP contribution is -2.39. The quantitative estimate of drug-likeness (QED) is 0.843. The topological polar surface area (TPSA) is 12.0 Å². The third-order valence-corrected chi connectivity index (χ3v) is 4.20. The summed E-state index contributed by atoms with van der Waals surface area (Å²) in [6, 6.07) is 8.20. The van der Waals surface area contributed by atoms with Gasteiger partial charge in [0.2, 0.25) is 0 Å². The van der Waals surface area contributed by atoms with Crippen molar-refractivity contribution in [3.8, 4) is 0 Å². The molecule has 4 heteroatoms. The molecule has 1 saturated carbocycles. The van der Waals surface area contributed by atoms with Crippen molar-refractivity contribution in [3.05, 3.63) is 35.4 Å². The van der Waals surface area contributed by atoms with Gasteiger partial charge >= 0.3 is 6.18 Å². The molecule has 0 radical (unpaired) electrons. The number of hydrogen-bond donors (Lipinski definition) is 1. The molecule has 0 spiro atoms. The minimum absolute atomic E-state index is 0.0355. The molecule has 0 bridgehead atoms. The largest absolute Gasteiger partial charge is 0.391 e. The van der Waals surface area contributed by atoms with E-state index in [4.69, 9.17) is 0 Å². The standard InChI is InChI=1S/C16H22F3N/c1-11-6-8-13(9-7-11)12(2)20-15-5-3-4-14(10-15)16(17,18)19/h6-9,12,14-15,20H,3-5,10H2,1-2H3/t12-,14?,15?/m0/s1. The minimum atomic E-state index is -4.05. The maximum atomic E-state index is 12.8. The van der Waals surface area contributed by atoms with Crippen molar-refractivity contribution in [1.29, 1.82) is 0 Å². The Morgan fingerprint density at radius 3 is 2.40 bits per heavy atom. The molecule has 1 aliphatic carbocycles. The highest BCUT2D eigenvalue weighted by Gasteiger charge is 2.42. The summed E-state index contributed by atoms with van der Waals surface area (Å²) >= 11 is 0. The third kappa shape index (κ3) is 3.98. The highest BCUT2D eigenvalue weighted by atomic mass is 19.4. The molecule has 2 rings (SSSR count). The molecule has 0 aliphatic heterocycles. The van der Waals surface area contributed by atoms with Gasteiger partial charge in [0.1, 0.15) is 0 Å².